The van der Waals surface area contributed by atoms with Crippen molar-refractivity contribution in [1.82, 2.24) is 10.6 Å². The first-order valence-corrected chi connectivity index (χ1v) is 8.17. The van der Waals surface area contributed by atoms with Crippen molar-refractivity contribution in [1.29, 1.82) is 0 Å². The van der Waals surface area contributed by atoms with Crippen molar-refractivity contribution < 1.29 is 14.3 Å². The summed E-state index contributed by atoms with van der Waals surface area (Å²) in [4.78, 5) is 24.8. The second-order valence-electron chi connectivity index (χ2n) is 5.06. The van der Waals surface area contributed by atoms with Crippen LogP contribution in [0.4, 0.5) is 0 Å². The van der Waals surface area contributed by atoms with Crippen LogP contribution in [0.15, 0.2) is 54.6 Å². The number of thiol groups is 1. The Morgan fingerprint density at radius 2 is 1.75 bits per heavy atom. The average Bonchev–Trinajstić information content (AvgIpc) is 2.64. The molecule has 0 heterocycles. The molecule has 5 nitrogen and oxygen atoms in total. The van der Waals surface area contributed by atoms with Crippen molar-refractivity contribution >= 4 is 24.4 Å². The predicted molar refractivity (Wildman–Crippen MR) is 96.5 cm³/mol. The van der Waals surface area contributed by atoms with E-state index in [2.05, 4.69) is 23.3 Å². The molecule has 0 saturated heterocycles. The Morgan fingerprint density at radius 3 is 2.33 bits per heavy atom. The van der Waals surface area contributed by atoms with E-state index in [-0.39, 0.29) is 11.8 Å². The molecule has 2 rings (SSSR count). The topological polar surface area (TPSA) is 67.4 Å². The van der Waals surface area contributed by atoms with E-state index in [4.69, 9.17) is 4.74 Å². The molecule has 0 fully saturated rings. The molecular weight excluding hydrogens is 324 g/mol. The van der Waals surface area contributed by atoms with Gasteiger partial charge >= 0.3 is 0 Å². The molecule has 6 heteroatoms. The van der Waals surface area contributed by atoms with Gasteiger partial charge in [-0.15, -0.1) is 0 Å². The summed E-state index contributed by atoms with van der Waals surface area (Å²) in [5.74, 6) is 0.599. The van der Waals surface area contributed by atoms with Gasteiger partial charge in [0.15, 0.2) is 0 Å². The lowest BCUT2D eigenvalue weighted by Crippen LogP contribution is -2.41. The highest BCUT2D eigenvalue weighted by Gasteiger charge is 2.22. The summed E-state index contributed by atoms with van der Waals surface area (Å²) in [5.41, 5.74) is 1.18. The zero-order valence-electron chi connectivity index (χ0n) is 13.4. The number of benzene rings is 2. The molecule has 24 heavy (non-hydrogen) atoms. The quantitative estimate of drug-likeness (QED) is 0.675. The van der Waals surface area contributed by atoms with Crippen molar-refractivity contribution in [2.75, 3.05) is 19.4 Å². The van der Waals surface area contributed by atoms with Gasteiger partial charge in [0, 0.05) is 17.9 Å². The Labute approximate surface area is 146 Å². The maximum absolute atomic E-state index is 12.5. The molecule has 0 aliphatic rings. The van der Waals surface area contributed by atoms with Gasteiger partial charge in [0.25, 0.3) is 5.91 Å². The van der Waals surface area contributed by atoms with Gasteiger partial charge in [0.1, 0.15) is 11.8 Å². The fraction of sp³-hybridized carbons (Fsp3) is 0.222. The molecule has 0 bridgehead atoms. The highest BCUT2D eigenvalue weighted by Crippen LogP contribution is 2.16. The lowest BCUT2D eigenvalue weighted by atomic mass is 10.1. The Bertz CT molecular complexity index is 674. The van der Waals surface area contributed by atoms with Crippen molar-refractivity contribution in [3.63, 3.8) is 0 Å². The summed E-state index contributed by atoms with van der Waals surface area (Å²) in [6, 6.07) is 15.1. The zero-order valence-corrected chi connectivity index (χ0v) is 14.3. The number of hydrogen-bond acceptors (Lipinski definition) is 4. The Morgan fingerprint density at radius 1 is 1.08 bits per heavy atom. The van der Waals surface area contributed by atoms with Crippen LogP contribution < -0.4 is 15.4 Å². The number of carbonyl (C=O) groups excluding carboxylic acids is 2. The molecular formula is C18H20N2O3S. The lowest BCUT2D eigenvalue weighted by molar-refractivity contribution is -0.123. The lowest BCUT2D eigenvalue weighted by Gasteiger charge is -2.19. The summed E-state index contributed by atoms with van der Waals surface area (Å²) in [5, 5.41) is 5.53. The molecule has 0 spiro atoms. The van der Waals surface area contributed by atoms with Gasteiger partial charge in [-0.2, -0.15) is 12.6 Å². The maximum Gasteiger partial charge on any atom is 0.252 e. The Balaban J connectivity index is 2.17. The molecule has 0 aliphatic carbocycles. The van der Waals surface area contributed by atoms with Crippen LogP contribution in [0.2, 0.25) is 0 Å². The largest absolute Gasteiger partial charge is 0.497 e. The van der Waals surface area contributed by atoms with Crippen LogP contribution in [0, 0.1) is 0 Å². The zero-order chi connectivity index (χ0) is 17.4. The van der Waals surface area contributed by atoms with Crippen LogP contribution in [0.5, 0.6) is 5.75 Å². The molecule has 1 unspecified atom stereocenters. The minimum atomic E-state index is -0.763. The summed E-state index contributed by atoms with van der Waals surface area (Å²) in [7, 11) is 1.56. The number of carbonyl (C=O) groups is 2. The summed E-state index contributed by atoms with van der Waals surface area (Å²) >= 11 is 4.08. The molecule has 0 radical (unpaired) electrons. The minimum Gasteiger partial charge on any atom is -0.497 e. The molecule has 126 valence electrons. The molecule has 2 aromatic carbocycles. The van der Waals surface area contributed by atoms with Crippen molar-refractivity contribution in [2.24, 2.45) is 0 Å². The third-order valence-electron chi connectivity index (χ3n) is 3.43. The van der Waals surface area contributed by atoms with Gasteiger partial charge in [-0.1, -0.05) is 30.3 Å². The van der Waals surface area contributed by atoms with Crippen LogP contribution >= 0.6 is 12.6 Å². The SMILES string of the molecule is COc1ccc(C(=O)NC(C(=O)NCCS)c2ccccc2)cc1. The highest BCUT2D eigenvalue weighted by molar-refractivity contribution is 7.80. The van der Waals surface area contributed by atoms with Gasteiger partial charge in [-0.3, -0.25) is 9.59 Å². The van der Waals surface area contributed by atoms with Crippen molar-refractivity contribution in [3.8, 4) is 5.75 Å². The van der Waals surface area contributed by atoms with E-state index in [0.717, 1.165) is 5.56 Å². The van der Waals surface area contributed by atoms with Gasteiger partial charge in [-0.05, 0) is 29.8 Å². The van der Waals surface area contributed by atoms with Crippen molar-refractivity contribution in [3.05, 3.63) is 65.7 Å². The summed E-state index contributed by atoms with van der Waals surface area (Å²) in [6.07, 6.45) is 0. The number of amides is 2. The Hall–Kier alpha value is -2.47. The van der Waals surface area contributed by atoms with Gasteiger partial charge in [-0.25, -0.2) is 0 Å². The van der Waals surface area contributed by atoms with Gasteiger partial charge < -0.3 is 15.4 Å². The maximum atomic E-state index is 12.5. The molecule has 0 aromatic heterocycles. The third-order valence-corrected chi connectivity index (χ3v) is 3.66. The fourth-order valence-corrected chi connectivity index (χ4v) is 2.30. The third kappa shape index (κ3) is 4.76. The molecule has 0 saturated carbocycles. The van der Waals surface area contributed by atoms with Crippen LogP contribution in [0.1, 0.15) is 22.0 Å². The van der Waals surface area contributed by atoms with Gasteiger partial charge in [0.05, 0.1) is 7.11 Å². The standard InChI is InChI=1S/C18H20N2O3S/c1-23-15-9-7-14(8-10-15)17(21)20-16(18(22)19-11-12-24)13-5-3-2-4-6-13/h2-10,16,24H,11-12H2,1H3,(H,19,22)(H,20,21). The van der Waals surface area contributed by atoms with Crippen LogP contribution in [-0.4, -0.2) is 31.2 Å². The molecule has 2 amide bonds. The van der Waals surface area contributed by atoms with E-state index in [0.29, 0.717) is 23.6 Å². The number of hydrogen-bond donors (Lipinski definition) is 3. The highest BCUT2D eigenvalue weighted by atomic mass is 32.1. The first kappa shape index (κ1) is 17.9. The predicted octanol–water partition coefficient (Wildman–Crippen LogP) is 2.21. The second kappa shape index (κ2) is 8.98. The minimum absolute atomic E-state index is 0.267. The van der Waals surface area contributed by atoms with E-state index >= 15 is 0 Å². The van der Waals surface area contributed by atoms with Crippen LogP contribution in [0.3, 0.4) is 0 Å². The second-order valence-corrected chi connectivity index (χ2v) is 5.51. The number of ether oxygens (including phenoxy) is 1. The van der Waals surface area contributed by atoms with Crippen LogP contribution in [-0.2, 0) is 4.79 Å². The van der Waals surface area contributed by atoms with E-state index in [9.17, 15) is 9.59 Å². The first-order valence-electron chi connectivity index (χ1n) is 7.54. The average molecular weight is 344 g/mol. The van der Waals surface area contributed by atoms with Crippen molar-refractivity contribution in [2.45, 2.75) is 6.04 Å². The monoisotopic (exact) mass is 344 g/mol. The van der Waals surface area contributed by atoms with Gasteiger partial charge in [0.2, 0.25) is 5.91 Å². The van der Waals surface area contributed by atoms with E-state index in [1.54, 1.807) is 43.5 Å². The smallest absolute Gasteiger partial charge is 0.252 e. The van der Waals surface area contributed by atoms with E-state index in [1.807, 2.05) is 18.2 Å². The fourth-order valence-electron chi connectivity index (χ4n) is 2.18. The van der Waals surface area contributed by atoms with E-state index < -0.39 is 6.04 Å². The first-order chi connectivity index (χ1) is 11.7. The van der Waals surface area contributed by atoms with E-state index in [1.165, 1.54) is 0 Å². The molecule has 1 atom stereocenters. The normalized spacial score (nSPS) is 11.4. The molecule has 2 N–H and O–H groups in total. The number of nitrogens with one attached hydrogen (secondary N) is 2. The molecule has 2 aromatic rings. The summed E-state index contributed by atoms with van der Waals surface area (Å²) < 4.78 is 5.08. The number of methoxy groups -OCH3 is 1. The number of rotatable bonds is 7. The van der Waals surface area contributed by atoms with Crippen LogP contribution in [0.25, 0.3) is 0 Å². The molecule has 0 aliphatic heterocycles. The summed E-state index contributed by atoms with van der Waals surface area (Å²) in [6.45, 7) is 0.434. The Kier molecular flexibility index (Phi) is 6.69.